The molecule has 0 aromatic carbocycles. The monoisotopic (exact) mass is 728 g/mol. The number of amides is 9. The Morgan fingerprint density at radius 1 is 0.314 bits per heavy atom. The zero-order valence-electron chi connectivity index (χ0n) is 30.4. The lowest BCUT2D eigenvalue weighted by molar-refractivity contribution is -0.141. The molecule has 51 heavy (non-hydrogen) atoms. The first-order valence-electron chi connectivity index (χ1n) is 16.1. The lowest BCUT2D eigenvalue weighted by Crippen LogP contribution is -2.58. The average molecular weight is 729 g/mol. The average Bonchev–Trinajstić information content (AvgIpc) is 3.03. The molecule has 0 aliphatic heterocycles. The van der Waals surface area contributed by atoms with Crippen LogP contribution >= 0.6 is 0 Å². The fraction of sp³-hybridized carbons (Fsp3) is 0.667. The van der Waals surface area contributed by atoms with Crippen LogP contribution < -0.4 is 53.6 Å². The van der Waals surface area contributed by atoms with Crippen molar-refractivity contribution >= 4 is 59.1 Å². The van der Waals surface area contributed by atoms with Crippen molar-refractivity contribution in [3.05, 3.63) is 0 Å². The summed E-state index contributed by atoms with van der Waals surface area (Å²) in [6, 6.07) is -11.0. The Morgan fingerprint density at radius 2 is 0.451 bits per heavy atom. The van der Waals surface area contributed by atoms with Gasteiger partial charge < -0.3 is 58.7 Å². The fourth-order valence-corrected chi connectivity index (χ4v) is 3.64. The van der Waals surface area contributed by atoms with Crippen LogP contribution in [0.5, 0.6) is 0 Å². The second-order valence-corrected chi connectivity index (χ2v) is 12.2. The van der Waals surface area contributed by atoms with E-state index >= 15 is 0 Å². The quantitative estimate of drug-likeness (QED) is 0.0596. The maximum absolute atomic E-state index is 12.7. The summed E-state index contributed by atoms with van der Waals surface area (Å²) in [6.07, 6.45) is 0. The lowest BCUT2D eigenvalue weighted by Gasteiger charge is -2.23. The first-order chi connectivity index (χ1) is 23.4. The molecule has 0 saturated carbocycles. The Bertz CT molecular complexity index is 1340. The molecule has 0 spiro atoms. The Balaban J connectivity index is 4.85. The van der Waals surface area contributed by atoms with Crippen molar-refractivity contribution in [3.63, 3.8) is 0 Å². The minimum absolute atomic E-state index is 0.562. The van der Waals surface area contributed by atoms with Gasteiger partial charge in [-0.3, -0.25) is 47.9 Å². The molecule has 0 rings (SSSR count). The molecule has 0 aromatic heterocycles. The van der Waals surface area contributed by atoms with Gasteiger partial charge in [-0.05, 0) is 69.2 Å². The summed E-state index contributed by atoms with van der Waals surface area (Å²) in [5, 5.41) is 30.1. The van der Waals surface area contributed by atoms with Gasteiger partial charge in [0.05, 0.1) is 6.04 Å². The Hall–Kier alpha value is -5.34. The number of carboxylic acid groups (broad SMARTS) is 1. The number of nitrogens with one attached hydrogen (secondary N) is 9. The van der Waals surface area contributed by atoms with E-state index in [1.54, 1.807) is 0 Å². The van der Waals surface area contributed by atoms with Crippen LogP contribution in [0, 0.1) is 0 Å². The van der Waals surface area contributed by atoms with Crippen LogP contribution in [-0.2, 0) is 47.9 Å². The summed E-state index contributed by atoms with van der Waals surface area (Å²) in [5.41, 5.74) is 5.45. The third kappa shape index (κ3) is 16.3. The molecule has 0 aliphatic carbocycles. The lowest BCUT2D eigenvalue weighted by atomic mass is 10.2. The number of hydrogen-bond acceptors (Lipinski definition) is 11. The summed E-state index contributed by atoms with van der Waals surface area (Å²) in [7, 11) is 0. The normalized spacial score (nSPS) is 16.6. The number of carboxylic acids is 1. The van der Waals surface area contributed by atoms with Gasteiger partial charge in [-0.15, -0.1) is 0 Å². The van der Waals surface area contributed by atoms with Crippen LogP contribution in [0.25, 0.3) is 0 Å². The molecule has 12 N–H and O–H groups in total. The maximum Gasteiger partial charge on any atom is 0.325 e. The van der Waals surface area contributed by atoms with Gasteiger partial charge in [0.2, 0.25) is 53.2 Å². The molecule has 0 bridgehead atoms. The van der Waals surface area contributed by atoms with Gasteiger partial charge in [0, 0.05) is 0 Å². The van der Waals surface area contributed by atoms with Gasteiger partial charge in [-0.2, -0.15) is 0 Å². The second kappa shape index (κ2) is 21.0. The zero-order chi connectivity index (χ0) is 39.9. The molecule has 0 unspecified atom stereocenters. The van der Waals surface area contributed by atoms with E-state index in [2.05, 4.69) is 47.9 Å². The van der Waals surface area contributed by atoms with Crippen molar-refractivity contribution < 1.29 is 53.1 Å². The van der Waals surface area contributed by atoms with E-state index in [0.717, 1.165) is 0 Å². The summed E-state index contributed by atoms with van der Waals surface area (Å²) >= 11 is 0. The van der Waals surface area contributed by atoms with Gasteiger partial charge in [-0.1, -0.05) is 0 Å². The highest BCUT2D eigenvalue weighted by Crippen LogP contribution is 1.96. The van der Waals surface area contributed by atoms with E-state index in [4.69, 9.17) is 10.8 Å². The Kier molecular flexibility index (Phi) is 18.8. The standard InChI is InChI=1S/C30H52N10O11/c1-11(31)21(41)32-12(2)22(42)33-13(3)23(43)34-14(4)24(44)35-15(5)25(45)36-16(6)26(46)37-17(7)27(47)38-18(8)28(48)39-19(9)29(49)40-20(10)30(50)51/h11-20H,31H2,1-10H3,(H,32,41)(H,33,42)(H,34,43)(H,35,44)(H,36,45)(H,37,46)(H,38,47)(H,39,48)(H,40,49)(H,50,51)/t11-,12+,13-,14+,15-,16+,17-,18+,19-,20+/m1/s1. The number of carbonyl (C=O) groups excluding carboxylic acids is 9. The van der Waals surface area contributed by atoms with E-state index in [-0.39, 0.29) is 0 Å². The number of hydrogen-bond donors (Lipinski definition) is 11. The molecule has 9 amide bonds. The largest absolute Gasteiger partial charge is 0.480 e. The minimum Gasteiger partial charge on any atom is -0.480 e. The highest BCUT2D eigenvalue weighted by molar-refractivity contribution is 5.97. The smallest absolute Gasteiger partial charge is 0.325 e. The van der Waals surface area contributed by atoms with Crippen LogP contribution in [0.2, 0.25) is 0 Å². The van der Waals surface area contributed by atoms with Gasteiger partial charge >= 0.3 is 5.97 Å². The minimum atomic E-state index is -1.27. The molecule has 0 radical (unpaired) electrons. The highest BCUT2D eigenvalue weighted by atomic mass is 16.4. The number of nitrogens with two attached hydrogens (primary N) is 1. The number of aliphatic carboxylic acids is 1. The van der Waals surface area contributed by atoms with E-state index in [1.165, 1.54) is 69.2 Å². The SMILES string of the molecule is C[C@H](NC(=O)[C@@H](C)NC(=O)[C@H](C)NC(=O)[C@@H](C)NC(=O)[C@H](C)NC(=O)[C@@H](C)NC(=O)[C@H](C)NC(=O)[C@@H](C)NC(=O)[C@H](C)NC(=O)[C@@H](C)N)C(=O)O. The van der Waals surface area contributed by atoms with E-state index in [0.29, 0.717) is 0 Å². The van der Waals surface area contributed by atoms with E-state index in [1.807, 2.05) is 0 Å². The maximum atomic E-state index is 12.7. The summed E-state index contributed by atoms with van der Waals surface area (Å²) in [6.45, 7) is 13.4. The summed E-state index contributed by atoms with van der Waals surface area (Å²) in [5.74, 6) is -7.80. The third-order valence-electron chi connectivity index (χ3n) is 7.16. The van der Waals surface area contributed by atoms with Crippen molar-refractivity contribution in [1.82, 2.24) is 47.9 Å². The first-order valence-corrected chi connectivity index (χ1v) is 16.1. The van der Waals surface area contributed by atoms with Crippen LogP contribution in [-0.4, -0.2) is 125 Å². The molecule has 0 heterocycles. The molecular weight excluding hydrogens is 676 g/mol. The molecule has 10 atom stereocenters. The molecule has 0 fully saturated rings. The van der Waals surface area contributed by atoms with Gasteiger partial charge in [0.1, 0.15) is 54.4 Å². The summed E-state index contributed by atoms with van der Waals surface area (Å²) < 4.78 is 0. The Labute approximate surface area is 295 Å². The molecular formula is C30H52N10O11. The van der Waals surface area contributed by atoms with Gasteiger partial charge in [-0.25, -0.2) is 0 Å². The van der Waals surface area contributed by atoms with Crippen molar-refractivity contribution in [2.75, 3.05) is 0 Å². The van der Waals surface area contributed by atoms with Crippen molar-refractivity contribution in [1.29, 1.82) is 0 Å². The third-order valence-corrected chi connectivity index (χ3v) is 7.16. The molecule has 21 nitrogen and oxygen atoms in total. The molecule has 0 aliphatic rings. The molecule has 0 saturated heterocycles. The highest BCUT2D eigenvalue weighted by Gasteiger charge is 2.29. The molecule has 21 heteroatoms. The van der Waals surface area contributed by atoms with Crippen molar-refractivity contribution in [3.8, 4) is 0 Å². The van der Waals surface area contributed by atoms with Crippen LogP contribution in [0.3, 0.4) is 0 Å². The van der Waals surface area contributed by atoms with Gasteiger partial charge in [0.25, 0.3) is 0 Å². The predicted octanol–water partition coefficient (Wildman–Crippen LogP) is -5.04. The predicted molar refractivity (Wildman–Crippen MR) is 180 cm³/mol. The van der Waals surface area contributed by atoms with E-state index in [9.17, 15) is 47.9 Å². The fourth-order valence-electron chi connectivity index (χ4n) is 3.64. The topological polar surface area (TPSA) is 325 Å². The first kappa shape index (κ1) is 45.7. The van der Waals surface area contributed by atoms with Crippen molar-refractivity contribution in [2.45, 2.75) is 130 Å². The molecule has 0 aromatic rings. The number of rotatable bonds is 19. The van der Waals surface area contributed by atoms with Crippen molar-refractivity contribution in [2.24, 2.45) is 5.73 Å². The zero-order valence-corrected chi connectivity index (χ0v) is 30.4. The second-order valence-electron chi connectivity index (χ2n) is 12.2. The Morgan fingerprint density at radius 3 is 0.588 bits per heavy atom. The van der Waals surface area contributed by atoms with Crippen LogP contribution in [0.4, 0.5) is 0 Å². The summed E-state index contributed by atoms with van der Waals surface area (Å²) in [4.78, 5) is 122. The van der Waals surface area contributed by atoms with Crippen LogP contribution in [0.15, 0.2) is 0 Å². The number of carbonyl (C=O) groups is 10. The van der Waals surface area contributed by atoms with Gasteiger partial charge in [0.15, 0.2) is 0 Å². The van der Waals surface area contributed by atoms with Crippen LogP contribution in [0.1, 0.15) is 69.2 Å². The molecule has 288 valence electrons. The van der Waals surface area contributed by atoms with E-state index < -0.39 is 120 Å².